The van der Waals surface area contributed by atoms with Crippen LogP contribution in [0.25, 0.3) is 0 Å². The molecule has 142 valence electrons. The van der Waals surface area contributed by atoms with E-state index in [1.54, 1.807) is 7.05 Å². The summed E-state index contributed by atoms with van der Waals surface area (Å²) in [6, 6.07) is 4.88. The Bertz CT molecular complexity index is 381. The molecule has 0 aliphatic carbocycles. The maximum Gasteiger partial charge on any atom is 0.416 e. The van der Waals surface area contributed by atoms with E-state index >= 15 is 0 Å². The molecule has 1 N–H and O–H groups in total. The molecule has 5 heteroatoms. The summed E-state index contributed by atoms with van der Waals surface area (Å²) in [6.45, 7) is 12.9. The van der Waals surface area contributed by atoms with Crippen molar-refractivity contribution in [1.82, 2.24) is 4.90 Å². The van der Waals surface area contributed by atoms with E-state index in [0.717, 1.165) is 18.1 Å². The van der Waals surface area contributed by atoms with Crippen LogP contribution in [0.4, 0.5) is 18.9 Å². The zero-order chi connectivity index (χ0) is 19.2. The Morgan fingerprint density at radius 1 is 1.04 bits per heavy atom. The van der Waals surface area contributed by atoms with Crippen LogP contribution < -0.4 is 5.32 Å². The molecular weight excluding hydrogens is 313 g/mol. The third-order valence-electron chi connectivity index (χ3n) is 3.36. The smallest absolute Gasteiger partial charge is 0.388 e. The third kappa shape index (κ3) is 11.3. The number of anilines is 1. The van der Waals surface area contributed by atoms with Crippen molar-refractivity contribution in [3.63, 3.8) is 0 Å². The lowest BCUT2D eigenvalue weighted by Crippen LogP contribution is -2.30. The van der Waals surface area contributed by atoms with Gasteiger partial charge in [-0.3, -0.25) is 0 Å². The van der Waals surface area contributed by atoms with Crippen molar-refractivity contribution in [2.24, 2.45) is 5.92 Å². The average molecular weight is 348 g/mol. The minimum Gasteiger partial charge on any atom is -0.388 e. The number of likely N-dealkylation sites (tertiary alicyclic amines) is 1. The molecule has 1 aliphatic rings. The molecule has 1 aliphatic heterocycles. The van der Waals surface area contributed by atoms with Crippen molar-refractivity contribution < 1.29 is 13.2 Å². The van der Waals surface area contributed by atoms with Crippen LogP contribution in [0.3, 0.4) is 0 Å². The molecule has 1 saturated heterocycles. The van der Waals surface area contributed by atoms with Gasteiger partial charge in [0, 0.05) is 19.3 Å². The first-order chi connectivity index (χ1) is 11.3. The van der Waals surface area contributed by atoms with Crippen LogP contribution in [0.1, 0.15) is 53.0 Å². The van der Waals surface area contributed by atoms with Gasteiger partial charge < -0.3 is 10.2 Å². The summed E-state index contributed by atoms with van der Waals surface area (Å²) in [4.78, 5) is 2.41. The maximum atomic E-state index is 12.0. The summed E-state index contributed by atoms with van der Waals surface area (Å²) in [5, 5.41) is 2.74. The second-order valence-corrected chi connectivity index (χ2v) is 5.33. The molecule has 2 rings (SSSR count). The molecule has 1 aromatic rings. The summed E-state index contributed by atoms with van der Waals surface area (Å²) < 4.78 is 36.0. The van der Waals surface area contributed by atoms with Crippen molar-refractivity contribution in [2.75, 3.05) is 32.5 Å². The number of hydrogen-bond donors (Lipinski definition) is 1. The molecule has 0 bridgehead atoms. The molecule has 0 radical (unpaired) electrons. The fourth-order valence-electron chi connectivity index (χ4n) is 2.25. The fourth-order valence-corrected chi connectivity index (χ4v) is 2.25. The quantitative estimate of drug-likeness (QED) is 0.655. The predicted octanol–water partition coefficient (Wildman–Crippen LogP) is 6.15. The van der Waals surface area contributed by atoms with Crippen LogP contribution in [-0.4, -0.2) is 32.1 Å². The van der Waals surface area contributed by atoms with E-state index in [0.29, 0.717) is 5.69 Å². The maximum absolute atomic E-state index is 12.0. The SMILES string of the molecule is CC.CC.CC1CCCN(C)C1.CNc1ccc(C(F)(F)F)cc1. The van der Waals surface area contributed by atoms with Crippen LogP contribution in [0.2, 0.25) is 0 Å². The normalized spacial score (nSPS) is 17.2. The number of piperidine rings is 1. The summed E-state index contributed by atoms with van der Waals surface area (Å²) in [5.41, 5.74) is 0.0458. The van der Waals surface area contributed by atoms with Gasteiger partial charge in [0.2, 0.25) is 0 Å². The van der Waals surface area contributed by atoms with Crippen LogP contribution in [0.15, 0.2) is 24.3 Å². The molecule has 24 heavy (non-hydrogen) atoms. The summed E-state index contributed by atoms with van der Waals surface area (Å²) in [5.74, 6) is 0.939. The lowest BCUT2D eigenvalue weighted by Gasteiger charge is -2.26. The summed E-state index contributed by atoms with van der Waals surface area (Å²) >= 11 is 0. The second-order valence-electron chi connectivity index (χ2n) is 5.33. The standard InChI is InChI=1S/C8H8F3N.C7H15N.2C2H6/c1-12-7-4-2-6(3-5-7)8(9,10)11;1-7-4-3-5-8(2)6-7;2*1-2/h2-5,12H,1H3;7H,3-6H2,1-2H3;2*1-2H3. The monoisotopic (exact) mass is 348 g/mol. The van der Waals surface area contributed by atoms with Crippen molar-refractivity contribution in [3.05, 3.63) is 29.8 Å². The van der Waals surface area contributed by atoms with Gasteiger partial charge in [0.15, 0.2) is 0 Å². The van der Waals surface area contributed by atoms with Crippen molar-refractivity contribution in [2.45, 2.75) is 53.6 Å². The van der Waals surface area contributed by atoms with E-state index in [1.165, 1.54) is 38.1 Å². The highest BCUT2D eigenvalue weighted by Gasteiger charge is 2.29. The number of nitrogens with zero attached hydrogens (tertiary/aromatic N) is 1. The van der Waals surface area contributed by atoms with Gasteiger partial charge in [0.25, 0.3) is 0 Å². The molecule has 1 unspecified atom stereocenters. The Kier molecular flexibility index (Phi) is 14.7. The summed E-state index contributed by atoms with van der Waals surface area (Å²) in [7, 11) is 3.86. The first kappa shape index (κ1) is 25.0. The Balaban J connectivity index is 0. The minimum absolute atomic E-state index is 0.624. The van der Waals surface area contributed by atoms with Gasteiger partial charge >= 0.3 is 6.18 Å². The van der Waals surface area contributed by atoms with Crippen LogP contribution >= 0.6 is 0 Å². The Morgan fingerprint density at radius 2 is 1.54 bits per heavy atom. The molecule has 1 fully saturated rings. The largest absolute Gasteiger partial charge is 0.416 e. The Morgan fingerprint density at radius 3 is 1.83 bits per heavy atom. The first-order valence-electron chi connectivity index (χ1n) is 8.86. The van der Waals surface area contributed by atoms with E-state index in [1.807, 2.05) is 27.7 Å². The zero-order valence-corrected chi connectivity index (χ0v) is 16.3. The number of rotatable bonds is 1. The highest BCUT2D eigenvalue weighted by molar-refractivity contribution is 5.44. The van der Waals surface area contributed by atoms with Gasteiger partial charge in [0.1, 0.15) is 0 Å². The molecular formula is C19H35F3N2. The third-order valence-corrected chi connectivity index (χ3v) is 3.36. The minimum atomic E-state index is -4.24. The number of nitrogens with one attached hydrogen (secondary N) is 1. The number of hydrogen-bond acceptors (Lipinski definition) is 2. The lowest BCUT2D eigenvalue weighted by atomic mass is 10.0. The Hall–Kier alpha value is -1.23. The van der Waals surface area contributed by atoms with Crippen LogP contribution in [-0.2, 0) is 6.18 Å². The van der Waals surface area contributed by atoms with Gasteiger partial charge in [0.05, 0.1) is 5.56 Å². The highest BCUT2D eigenvalue weighted by Crippen LogP contribution is 2.29. The Labute approximate surface area is 146 Å². The van der Waals surface area contributed by atoms with Gasteiger partial charge in [-0.05, 0) is 56.6 Å². The lowest BCUT2D eigenvalue weighted by molar-refractivity contribution is -0.137. The molecule has 0 saturated carbocycles. The molecule has 0 aromatic heterocycles. The molecule has 1 aromatic carbocycles. The van der Waals surface area contributed by atoms with E-state index in [-0.39, 0.29) is 0 Å². The van der Waals surface area contributed by atoms with E-state index in [2.05, 4.69) is 24.2 Å². The molecule has 1 heterocycles. The molecule has 0 amide bonds. The van der Waals surface area contributed by atoms with Gasteiger partial charge in [-0.2, -0.15) is 13.2 Å². The van der Waals surface area contributed by atoms with Crippen molar-refractivity contribution >= 4 is 5.69 Å². The van der Waals surface area contributed by atoms with Gasteiger partial charge in [-0.1, -0.05) is 34.6 Å². The van der Waals surface area contributed by atoms with E-state index in [9.17, 15) is 13.2 Å². The number of halogens is 3. The number of benzene rings is 1. The van der Waals surface area contributed by atoms with Crippen LogP contribution in [0.5, 0.6) is 0 Å². The van der Waals surface area contributed by atoms with E-state index < -0.39 is 11.7 Å². The van der Waals surface area contributed by atoms with E-state index in [4.69, 9.17) is 0 Å². The topological polar surface area (TPSA) is 15.3 Å². The number of alkyl halides is 3. The predicted molar refractivity (Wildman–Crippen MR) is 99.6 cm³/mol. The summed E-state index contributed by atoms with van der Waals surface area (Å²) in [6.07, 6.45) is -1.41. The van der Waals surface area contributed by atoms with Gasteiger partial charge in [-0.25, -0.2) is 0 Å². The highest BCUT2D eigenvalue weighted by atomic mass is 19.4. The average Bonchev–Trinajstić information content (AvgIpc) is 2.58. The van der Waals surface area contributed by atoms with Gasteiger partial charge in [-0.15, -0.1) is 0 Å². The molecule has 1 atom stereocenters. The van der Waals surface area contributed by atoms with Crippen molar-refractivity contribution in [3.8, 4) is 0 Å². The second kappa shape index (κ2) is 14.1. The van der Waals surface area contributed by atoms with Crippen molar-refractivity contribution in [1.29, 1.82) is 0 Å². The first-order valence-corrected chi connectivity index (χ1v) is 8.86. The fraction of sp³-hybridized carbons (Fsp3) is 0.684. The molecule has 2 nitrogen and oxygen atoms in total. The zero-order valence-electron chi connectivity index (χ0n) is 16.3. The van der Waals surface area contributed by atoms with Crippen LogP contribution in [0, 0.1) is 5.92 Å². The molecule has 0 spiro atoms.